The minimum absolute atomic E-state index is 0.240. The monoisotopic (exact) mass is 343 g/mol. The summed E-state index contributed by atoms with van der Waals surface area (Å²) in [6, 6.07) is 7.26. The number of hydrogen-bond donors (Lipinski definition) is 2. The SMILES string of the molecule is COc1cc(NC(=O)c2ccnc(NC3CC3)c2)cc(OC)c1OC. The van der Waals surface area contributed by atoms with Crippen molar-refractivity contribution in [2.24, 2.45) is 0 Å². The second-order valence-electron chi connectivity index (χ2n) is 5.72. The summed E-state index contributed by atoms with van der Waals surface area (Å²) in [4.78, 5) is 16.8. The van der Waals surface area contributed by atoms with Gasteiger partial charge in [-0.2, -0.15) is 0 Å². The fourth-order valence-corrected chi connectivity index (χ4v) is 2.44. The molecule has 0 unspecified atom stereocenters. The molecule has 1 fully saturated rings. The Morgan fingerprint density at radius 1 is 1.08 bits per heavy atom. The molecular weight excluding hydrogens is 322 g/mol. The van der Waals surface area contributed by atoms with Gasteiger partial charge in [-0.05, 0) is 25.0 Å². The van der Waals surface area contributed by atoms with E-state index >= 15 is 0 Å². The standard InChI is InChI=1S/C18H21N3O4/c1-23-14-9-13(10-15(24-2)17(14)25-3)21-18(22)11-6-7-19-16(8-11)20-12-4-5-12/h6-10,12H,4-5H2,1-3H3,(H,19,20)(H,21,22). The van der Waals surface area contributed by atoms with Crippen molar-refractivity contribution in [3.63, 3.8) is 0 Å². The highest BCUT2D eigenvalue weighted by Crippen LogP contribution is 2.40. The quantitative estimate of drug-likeness (QED) is 0.804. The molecule has 0 bridgehead atoms. The third-order valence-electron chi connectivity index (χ3n) is 3.87. The normalized spacial score (nSPS) is 13.1. The summed E-state index contributed by atoms with van der Waals surface area (Å²) >= 11 is 0. The molecule has 7 heteroatoms. The maximum Gasteiger partial charge on any atom is 0.255 e. The molecule has 2 N–H and O–H groups in total. The number of pyridine rings is 1. The van der Waals surface area contributed by atoms with Crippen molar-refractivity contribution < 1.29 is 19.0 Å². The highest BCUT2D eigenvalue weighted by Gasteiger charge is 2.21. The summed E-state index contributed by atoms with van der Waals surface area (Å²) in [5.41, 5.74) is 1.07. The van der Waals surface area contributed by atoms with Crippen LogP contribution in [-0.2, 0) is 0 Å². The maximum absolute atomic E-state index is 12.5. The molecule has 2 aromatic rings. The molecule has 0 spiro atoms. The van der Waals surface area contributed by atoms with Crippen molar-refractivity contribution in [2.45, 2.75) is 18.9 Å². The second kappa shape index (κ2) is 7.29. The van der Waals surface area contributed by atoms with Gasteiger partial charge in [-0.1, -0.05) is 0 Å². The van der Waals surface area contributed by atoms with Gasteiger partial charge in [0, 0.05) is 35.6 Å². The Morgan fingerprint density at radius 2 is 1.76 bits per heavy atom. The number of nitrogens with one attached hydrogen (secondary N) is 2. The lowest BCUT2D eigenvalue weighted by molar-refractivity contribution is 0.102. The lowest BCUT2D eigenvalue weighted by atomic mass is 10.2. The van der Waals surface area contributed by atoms with Crippen LogP contribution in [0.15, 0.2) is 30.5 Å². The molecule has 1 aliphatic rings. The van der Waals surface area contributed by atoms with Crippen LogP contribution < -0.4 is 24.8 Å². The molecule has 0 radical (unpaired) electrons. The number of carbonyl (C=O) groups is 1. The molecule has 25 heavy (non-hydrogen) atoms. The number of anilines is 2. The lowest BCUT2D eigenvalue weighted by Crippen LogP contribution is -2.13. The van der Waals surface area contributed by atoms with E-state index in [-0.39, 0.29) is 5.91 Å². The zero-order valence-electron chi connectivity index (χ0n) is 14.5. The molecule has 1 saturated carbocycles. The fourth-order valence-electron chi connectivity index (χ4n) is 2.44. The maximum atomic E-state index is 12.5. The molecule has 1 heterocycles. The van der Waals surface area contributed by atoms with Crippen LogP contribution in [0.25, 0.3) is 0 Å². The third-order valence-corrected chi connectivity index (χ3v) is 3.87. The van der Waals surface area contributed by atoms with Gasteiger partial charge in [0.2, 0.25) is 5.75 Å². The summed E-state index contributed by atoms with van der Waals surface area (Å²) in [7, 11) is 4.59. The van der Waals surface area contributed by atoms with E-state index in [1.54, 1.807) is 30.5 Å². The van der Waals surface area contributed by atoms with E-state index in [1.807, 2.05) is 0 Å². The predicted molar refractivity (Wildman–Crippen MR) is 94.9 cm³/mol. The van der Waals surface area contributed by atoms with Gasteiger partial charge in [-0.25, -0.2) is 4.98 Å². The Kier molecular flexibility index (Phi) is 4.92. The van der Waals surface area contributed by atoms with Gasteiger partial charge in [0.15, 0.2) is 11.5 Å². The first-order valence-electron chi connectivity index (χ1n) is 7.98. The number of methoxy groups -OCH3 is 3. The molecule has 1 amide bonds. The van der Waals surface area contributed by atoms with Gasteiger partial charge in [0.25, 0.3) is 5.91 Å². The van der Waals surface area contributed by atoms with Gasteiger partial charge < -0.3 is 24.8 Å². The highest BCUT2D eigenvalue weighted by atomic mass is 16.5. The van der Waals surface area contributed by atoms with Gasteiger partial charge in [-0.15, -0.1) is 0 Å². The van der Waals surface area contributed by atoms with Crippen molar-refractivity contribution in [2.75, 3.05) is 32.0 Å². The molecule has 0 aliphatic heterocycles. The highest BCUT2D eigenvalue weighted by molar-refractivity contribution is 6.05. The second-order valence-corrected chi connectivity index (χ2v) is 5.72. The zero-order chi connectivity index (χ0) is 17.8. The smallest absolute Gasteiger partial charge is 0.255 e. The number of aromatic nitrogens is 1. The van der Waals surface area contributed by atoms with Crippen molar-refractivity contribution >= 4 is 17.4 Å². The summed E-state index contributed by atoms with van der Waals surface area (Å²) in [6.07, 6.45) is 3.90. The van der Waals surface area contributed by atoms with Crippen LogP contribution in [0.4, 0.5) is 11.5 Å². The third kappa shape index (κ3) is 3.93. The topological polar surface area (TPSA) is 81.7 Å². The first-order valence-corrected chi connectivity index (χ1v) is 7.98. The Bertz CT molecular complexity index is 750. The van der Waals surface area contributed by atoms with Crippen LogP contribution in [0.1, 0.15) is 23.2 Å². The van der Waals surface area contributed by atoms with Gasteiger partial charge >= 0.3 is 0 Å². The molecule has 1 aromatic heterocycles. The van der Waals surface area contributed by atoms with E-state index in [2.05, 4.69) is 15.6 Å². The number of ether oxygens (including phenoxy) is 3. The minimum Gasteiger partial charge on any atom is -0.493 e. The first kappa shape index (κ1) is 16.9. The molecule has 7 nitrogen and oxygen atoms in total. The number of nitrogens with zero attached hydrogens (tertiary/aromatic N) is 1. The number of rotatable bonds is 7. The predicted octanol–water partition coefficient (Wildman–Crippen LogP) is 2.93. The minimum atomic E-state index is -0.240. The molecular formula is C18H21N3O4. The first-order chi connectivity index (χ1) is 12.1. The summed E-state index contributed by atoms with van der Waals surface area (Å²) in [6.45, 7) is 0. The Morgan fingerprint density at radius 3 is 2.32 bits per heavy atom. The van der Waals surface area contributed by atoms with Crippen molar-refractivity contribution in [1.82, 2.24) is 4.98 Å². The van der Waals surface area contributed by atoms with Crippen molar-refractivity contribution in [3.8, 4) is 17.2 Å². The molecule has 0 atom stereocenters. The van der Waals surface area contributed by atoms with E-state index in [0.29, 0.717) is 40.4 Å². The largest absolute Gasteiger partial charge is 0.493 e. The zero-order valence-corrected chi connectivity index (χ0v) is 14.5. The van der Waals surface area contributed by atoms with E-state index in [9.17, 15) is 4.79 Å². The Balaban J connectivity index is 1.80. The average molecular weight is 343 g/mol. The molecule has 3 rings (SSSR count). The van der Waals surface area contributed by atoms with Gasteiger partial charge in [0.1, 0.15) is 5.82 Å². The Labute approximate surface area is 146 Å². The van der Waals surface area contributed by atoms with E-state index in [4.69, 9.17) is 14.2 Å². The average Bonchev–Trinajstić information content (AvgIpc) is 3.44. The lowest BCUT2D eigenvalue weighted by Gasteiger charge is -2.14. The van der Waals surface area contributed by atoms with Crippen LogP contribution in [0, 0.1) is 0 Å². The van der Waals surface area contributed by atoms with Crippen LogP contribution in [-0.4, -0.2) is 38.3 Å². The summed E-state index contributed by atoms with van der Waals surface area (Å²) in [5, 5.41) is 6.12. The molecule has 1 aromatic carbocycles. The Hall–Kier alpha value is -2.96. The molecule has 1 aliphatic carbocycles. The van der Waals surface area contributed by atoms with E-state index in [1.165, 1.54) is 21.3 Å². The number of benzene rings is 1. The van der Waals surface area contributed by atoms with Crippen LogP contribution >= 0.6 is 0 Å². The molecule has 0 saturated heterocycles. The van der Waals surface area contributed by atoms with E-state index < -0.39 is 0 Å². The van der Waals surface area contributed by atoms with E-state index in [0.717, 1.165) is 12.8 Å². The summed E-state index contributed by atoms with van der Waals surface area (Å²) in [5.74, 6) is 1.89. The van der Waals surface area contributed by atoms with Crippen LogP contribution in [0.2, 0.25) is 0 Å². The summed E-state index contributed by atoms with van der Waals surface area (Å²) < 4.78 is 15.9. The van der Waals surface area contributed by atoms with Crippen LogP contribution in [0.3, 0.4) is 0 Å². The van der Waals surface area contributed by atoms with Crippen LogP contribution in [0.5, 0.6) is 17.2 Å². The number of carbonyl (C=O) groups excluding carboxylic acids is 1. The van der Waals surface area contributed by atoms with Crippen molar-refractivity contribution in [3.05, 3.63) is 36.0 Å². The van der Waals surface area contributed by atoms with Crippen molar-refractivity contribution in [1.29, 1.82) is 0 Å². The van der Waals surface area contributed by atoms with Gasteiger partial charge in [0.05, 0.1) is 21.3 Å². The number of amides is 1. The van der Waals surface area contributed by atoms with Gasteiger partial charge in [-0.3, -0.25) is 4.79 Å². The fraction of sp³-hybridized carbons (Fsp3) is 0.333. The number of hydrogen-bond acceptors (Lipinski definition) is 6. The molecule has 132 valence electrons.